The van der Waals surface area contributed by atoms with E-state index in [1.807, 2.05) is 19.4 Å². The van der Waals surface area contributed by atoms with Crippen molar-refractivity contribution in [3.8, 4) is 0 Å². The Hall–Kier alpha value is -1.45. The van der Waals surface area contributed by atoms with Crippen LogP contribution in [-0.4, -0.2) is 24.7 Å². The van der Waals surface area contributed by atoms with Gasteiger partial charge in [0.2, 0.25) is 0 Å². The van der Waals surface area contributed by atoms with Crippen LogP contribution in [0.2, 0.25) is 0 Å². The lowest BCUT2D eigenvalue weighted by atomic mass is 9.90. The van der Waals surface area contributed by atoms with Crippen LogP contribution in [0, 0.1) is 5.92 Å². The van der Waals surface area contributed by atoms with E-state index in [9.17, 15) is 0 Å². The number of rotatable bonds is 6. The summed E-state index contributed by atoms with van der Waals surface area (Å²) in [7, 11) is 2.00. The van der Waals surface area contributed by atoms with Crippen molar-refractivity contribution < 1.29 is 4.74 Å². The second-order valence-corrected chi connectivity index (χ2v) is 5.37. The zero-order valence-corrected chi connectivity index (χ0v) is 12.8. The Bertz CT molecular complexity index is 548. The SMILES string of the molecule is CCOC(C(C)C)C(NC)c1cccc2cnccc12. The molecule has 108 valence electrons. The molecule has 0 aliphatic rings. The standard InChI is InChI=1S/C17H24N2O/c1-5-20-17(12(2)3)16(18-4)15-8-6-7-13-11-19-10-9-14(13)15/h6-12,16-18H,5H2,1-4H3. The minimum Gasteiger partial charge on any atom is -0.376 e. The van der Waals surface area contributed by atoms with Crippen LogP contribution < -0.4 is 5.32 Å². The largest absolute Gasteiger partial charge is 0.376 e. The summed E-state index contributed by atoms with van der Waals surface area (Å²) in [6, 6.07) is 8.63. The van der Waals surface area contributed by atoms with Gasteiger partial charge in [-0.3, -0.25) is 4.98 Å². The zero-order valence-electron chi connectivity index (χ0n) is 12.8. The van der Waals surface area contributed by atoms with Crippen molar-refractivity contribution in [2.45, 2.75) is 32.9 Å². The van der Waals surface area contributed by atoms with Gasteiger partial charge in [0, 0.05) is 24.4 Å². The molecule has 1 heterocycles. The first kappa shape index (κ1) is 14.9. The average Bonchev–Trinajstić information content (AvgIpc) is 2.47. The average molecular weight is 272 g/mol. The van der Waals surface area contributed by atoms with Gasteiger partial charge in [0.05, 0.1) is 12.1 Å². The summed E-state index contributed by atoms with van der Waals surface area (Å²) in [5.74, 6) is 0.449. The predicted octanol–water partition coefficient (Wildman–Crippen LogP) is 3.56. The second-order valence-electron chi connectivity index (χ2n) is 5.37. The molecule has 0 saturated carbocycles. The van der Waals surface area contributed by atoms with Gasteiger partial charge in [-0.15, -0.1) is 0 Å². The Balaban J connectivity index is 2.48. The fourth-order valence-electron chi connectivity index (χ4n) is 2.78. The number of pyridine rings is 1. The van der Waals surface area contributed by atoms with Gasteiger partial charge in [-0.2, -0.15) is 0 Å². The molecule has 3 nitrogen and oxygen atoms in total. The third-order valence-corrected chi connectivity index (χ3v) is 3.71. The number of aromatic nitrogens is 1. The summed E-state index contributed by atoms with van der Waals surface area (Å²) < 4.78 is 5.98. The number of benzene rings is 1. The second kappa shape index (κ2) is 6.82. The van der Waals surface area contributed by atoms with Crippen molar-refractivity contribution >= 4 is 10.8 Å². The molecule has 2 unspecified atom stereocenters. The lowest BCUT2D eigenvalue weighted by Crippen LogP contribution is -2.35. The maximum atomic E-state index is 5.98. The maximum Gasteiger partial charge on any atom is 0.0792 e. The highest BCUT2D eigenvalue weighted by atomic mass is 16.5. The Morgan fingerprint density at radius 1 is 1.25 bits per heavy atom. The van der Waals surface area contributed by atoms with Crippen LogP contribution in [0.5, 0.6) is 0 Å². The van der Waals surface area contributed by atoms with Crippen LogP contribution in [0.15, 0.2) is 36.7 Å². The quantitative estimate of drug-likeness (QED) is 0.873. The van der Waals surface area contributed by atoms with Gasteiger partial charge in [-0.05, 0) is 36.9 Å². The number of nitrogens with one attached hydrogen (secondary N) is 1. The molecule has 2 rings (SSSR count). The summed E-state index contributed by atoms with van der Waals surface area (Å²) in [6.07, 6.45) is 3.92. The molecule has 0 amide bonds. The molecule has 1 aromatic heterocycles. The third kappa shape index (κ3) is 3.00. The van der Waals surface area contributed by atoms with E-state index in [2.05, 4.69) is 55.3 Å². The molecule has 2 atom stereocenters. The van der Waals surface area contributed by atoms with E-state index >= 15 is 0 Å². The van der Waals surface area contributed by atoms with E-state index < -0.39 is 0 Å². The molecule has 0 bridgehead atoms. The van der Waals surface area contributed by atoms with Gasteiger partial charge in [-0.1, -0.05) is 32.0 Å². The van der Waals surface area contributed by atoms with Crippen LogP contribution in [0.4, 0.5) is 0 Å². The van der Waals surface area contributed by atoms with Crippen LogP contribution in [0.1, 0.15) is 32.4 Å². The van der Waals surface area contributed by atoms with Gasteiger partial charge in [0.25, 0.3) is 0 Å². The molecule has 20 heavy (non-hydrogen) atoms. The molecule has 0 saturated heterocycles. The minimum atomic E-state index is 0.156. The molecule has 3 heteroatoms. The highest BCUT2D eigenvalue weighted by Gasteiger charge is 2.26. The van der Waals surface area contributed by atoms with E-state index in [0.717, 1.165) is 6.61 Å². The molecule has 0 fully saturated rings. The van der Waals surface area contributed by atoms with Crippen LogP contribution >= 0.6 is 0 Å². The first-order valence-corrected chi connectivity index (χ1v) is 7.30. The lowest BCUT2D eigenvalue weighted by molar-refractivity contribution is 0.00493. The van der Waals surface area contributed by atoms with Crippen molar-refractivity contribution in [1.29, 1.82) is 0 Å². The van der Waals surface area contributed by atoms with Crippen molar-refractivity contribution in [3.05, 3.63) is 42.2 Å². The Morgan fingerprint density at radius 2 is 2.05 bits per heavy atom. The highest BCUT2D eigenvalue weighted by molar-refractivity contribution is 5.85. The molecule has 2 aromatic rings. The Morgan fingerprint density at radius 3 is 2.70 bits per heavy atom. The molecular formula is C17H24N2O. The molecule has 0 aliphatic heterocycles. The van der Waals surface area contributed by atoms with Crippen molar-refractivity contribution in [2.75, 3.05) is 13.7 Å². The van der Waals surface area contributed by atoms with E-state index in [1.165, 1.54) is 16.3 Å². The molecule has 1 aromatic carbocycles. The summed E-state index contributed by atoms with van der Waals surface area (Å²) in [5, 5.41) is 5.84. The van der Waals surface area contributed by atoms with Gasteiger partial charge in [-0.25, -0.2) is 0 Å². The summed E-state index contributed by atoms with van der Waals surface area (Å²) in [4.78, 5) is 4.20. The highest BCUT2D eigenvalue weighted by Crippen LogP contribution is 2.29. The number of hydrogen-bond acceptors (Lipinski definition) is 3. The van der Waals surface area contributed by atoms with Gasteiger partial charge in [0.15, 0.2) is 0 Å². The summed E-state index contributed by atoms with van der Waals surface area (Å²) >= 11 is 0. The Kier molecular flexibility index (Phi) is 5.10. The number of likely N-dealkylation sites (N-methyl/N-ethyl adjacent to an activating group) is 1. The van der Waals surface area contributed by atoms with Crippen LogP contribution in [0.3, 0.4) is 0 Å². The fourth-order valence-corrected chi connectivity index (χ4v) is 2.78. The maximum absolute atomic E-state index is 5.98. The molecule has 1 N–H and O–H groups in total. The monoisotopic (exact) mass is 272 g/mol. The molecule has 0 aliphatic carbocycles. The van der Waals surface area contributed by atoms with Gasteiger partial charge >= 0.3 is 0 Å². The molecule has 0 radical (unpaired) electrons. The number of nitrogens with zero attached hydrogens (tertiary/aromatic N) is 1. The number of fused-ring (bicyclic) bond motifs is 1. The summed E-state index contributed by atoms with van der Waals surface area (Å²) in [6.45, 7) is 7.19. The van der Waals surface area contributed by atoms with Crippen LogP contribution in [-0.2, 0) is 4.74 Å². The van der Waals surface area contributed by atoms with Gasteiger partial charge in [0.1, 0.15) is 0 Å². The fraction of sp³-hybridized carbons (Fsp3) is 0.471. The van der Waals surface area contributed by atoms with E-state index in [0.29, 0.717) is 5.92 Å². The summed E-state index contributed by atoms with van der Waals surface area (Å²) in [5.41, 5.74) is 1.28. The van der Waals surface area contributed by atoms with Crippen molar-refractivity contribution in [3.63, 3.8) is 0 Å². The smallest absolute Gasteiger partial charge is 0.0792 e. The normalized spacial score (nSPS) is 14.7. The first-order valence-electron chi connectivity index (χ1n) is 7.30. The first-order chi connectivity index (χ1) is 9.69. The van der Waals surface area contributed by atoms with Crippen LogP contribution in [0.25, 0.3) is 10.8 Å². The predicted molar refractivity (Wildman–Crippen MR) is 83.8 cm³/mol. The van der Waals surface area contributed by atoms with E-state index in [-0.39, 0.29) is 12.1 Å². The van der Waals surface area contributed by atoms with Gasteiger partial charge < -0.3 is 10.1 Å². The topological polar surface area (TPSA) is 34.1 Å². The zero-order chi connectivity index (χ0) is 14.5. The number of hydrogen-bond donors (Lipinski definition) is 1. The van der Waals surface area contributed by atoms with E-state index in [4.69, 9.17) is 4.74 Å². The third-order valence-electron chi connectivity index (χ3n) is 3.71. The Labute approximate surface area is 121 Å². The minimum absolute atomic E-state index is 0.156. The molecular weight excluding hydrogens is 248 g/mol. The molecule has 0 spiro atoms. The lowest BCUT2D eigenvalue weighted by Gasteiger charge is -2.31. The van der Waals surface area contributed by atoms with E-state index in [1.54, 1.807) is 0 Å². The number of ether oxygens (including phenoxy) is 1. The van der Waals surface area contributed by atoms with Crippen molar-refractivity contribution in [1.82, 2.24) is 10.3 Å². The van der Waals surface area contributed by atoms with Crippen molar-refractivity contribution in [2.24, 2.45) is 5.92 Å².